The monoisotopic (exact) mass is 281 g/mol. The van der Waals surface area contributed by atoms with Crippen LogP contribution in [0.5, 0.6) is 0 Å². The average molecular weight is 281 g/mol. The Kier molecular flexibility index (Phi) is 5.76. The number of amides is 1. The van der Waals surface area contributed by atoms with E-state index in [1.165, 1.54) is 17.4 Å². The number of nitrogens with one attached hydrogen (secondary N) is 1. The number of carbonyl (C=O) groups is 2. The minimum absolute atomic E-state index is 0.103. The molecule has 19 heavy (non-hydrogen) atoms. The maximum absolute atomic E-state index is 12.1. The van der Waals surface area contributed by atoms with Gasteiger partial charge in [-0.25, -0.2) is 4.79 Å². The lowest BCUT2D eigenvalue weighted by Gasteiger charge is -2.15. The van der Waals surface area contributed by atoms with Gasteiger partial charge >= 0.3 is 5.97 Å². The fourth-order valence-electron chi connectivity index (χ4n) is 1.85. The second-order valence-electron chi connectivity index (χ2n) is 4.88. The Labute approximate surface area is 117 Å². The van der Waals surface area contributed by atoms with Gasteiger partial charge in [0.05, 0.1) is 4.88 Å². The third kappa shape index (κ3) is 5.26. The molecule has 1 amide bonds. The van der Waals surface area contributed by atoms with Crippen LogP contribution in [0.4, 0.5) is 0 Å². The predicted molar refractivity (Wildman–Crippen MR) is 77.4 cm³/mol. The molecule has 0 bridgehead atoms. The van der Waals surface area contributed by atoms with Crippen molar-refractivity contribution in [3.63, 3.8) is 0 Å². The van der Waals surface area contributed by atoms with Crippen molar-refractivity contribution in [3.05, 3.63) is 28.0 Å². The summed E-state index contributed by atoms with van der Waals surface area (Å²) in [7, 11) is 0. The topological polar surface area (TPSA) is 66.4 Å². The first-order chi connectivity index (χ1) is 8.90. The van der Waals surface area contributed by atoms with Crippen molar-refractivity contribution in [1.29, 1.82) is 0 Å². The molecule has 1 unspecified atom stereocenters. The summed E-state index contributed by atoms with van der Waals surface area (Å²) in [5.41, 5.74) is 0.640. The quantitative estimate of drug-likeness (QED) is 0.788. The van der Waals surface area contributed by atoms with Crippen LogP contribution in [0.1, 0.15) is 42.4 Å². The van der Waals surface area contributed by atoms with Crippen LogP contribution in [0, 0.1) is 5.92 Å². The molecule has 0 saturated heterocycles. The van der Waals surface area contributed by atoms with Crippen LogP contribution in [-0.2, 0) is 4.79 Å². The summed E-state index contributed by atoms with van der Waals surface area (Å²) in [4.78, 5) is 23.1. The van der Waals surface area contributed by atoms with Crippen LogP contribution in [0.15, 0.2) is 17.5 Å². The first-order valence-corrected chi connectivity index (χ1v) is 7.07. The van der Waals surface area contributed by atoms with E-state index in [0.717, 1.165) is 12.5 Å². The molecule has 1 heterocycles. The highest BCUT2D eigenvalue weighted by Gasteiger charge is 2.14. The van der Waals surface area contributed by atoms with Gasteiger partial charge in [-0.3, -0.25) is 4.79 Å². The number of rotatable bonds is 6. The first kappa shape index (κ1) is 15.4. The number of carboxylic acid groups (broad SMARTS) is 1. The van der Waals surface area contributed by atoms with Gasteiger partial charge < -0.3 is 10.4 Å². The van der Waals surface area contributed by atoms with Gasteiger partial charge in [0.2, 0.25) is 0 Å². The molecule has 0 aliphatic heterocycles. The molecule has 0 aromatic carbocycles. The van der Waals surface area contributed by atoms with Gasteiger partial charge in [0.1, 0.15) is 0 Å². The second-order valence-corrected chi connectivity index (χ2v) is 5.80. The van der Waals surface area contributed by atoms with Crippen molar-refractivity contribution in [2.45, 2.75) is 33.2 Å². The number of hydrogen-bond donors (Lipinski definition) is 2. The highest BCUT2D eigenvalue weighted by Crippen LogP contribution is 2.19. The Hall–Kier alpha value is -1.62. The fraction of sp³-hybridized carbons (Fsp3) is 0.429. The van der Waals surface area contributed by atoms with E-state index >= 15 is 0 Å². The van der Waals surface area contributed by atoms with Crippen LogP contribution >= 0.6 is 11.3 Å². The summed E-state index contributed by atoms with van der Waals surface area (Å²) in [5.74, 6) is -0.649. The van der Waals surface area contributed by atoms with E-state index in [4.69, 9.17) is 5.11 Å². The van der Waals surface area contributed by atoms with E-state index in [9.17, 15) is 9.59 Å². The zero-order chi connectivity index (χ0) is 14.4. The molecule has 2 N–H and O–H groups in total. The molecule has 1 aromatic rings. The minimum atomic E-state index is -1.02. The lowest BCUT2D eigenvalue weighted by molar-refractivity contribution is -0.131. The maximum Gasteiger partial charge on any atom is 0.328 e. The highest BCUT2D eigenvalue weighted by atomic mass is 32.1. The number of carbonyl (C=O) groups excluding carboxylic acids is 1. The van der Waals surface area contributed by atoms with E-state index in [1.807, 2.05) is 6.92 Å². The fourth-order valence-corrected chi connectivity index (χ4v) is 2.64. The lowest BCUT2D eigenvalue weighted by atomic mass is 10.1. The van der Waals surface area contributed by atoms with Gasteiger partial charge in [0.15, 0.2) is 0 Å². The average Bonchev–Trinajstić information content (AvgIpc) is 2.72. The molecule has 0 spiro atoms. The van der Waals surface area contributed by atoms with Crippen LogP contribution in [0.3, 0.4) is 0 Å². The zero-order valence-corrected chi connectivity index (χ0v) is 12.2. The smallest absolute Gasteiger partial charge is 0.328 e. The number of carboxylic acids is 1. The Bertz CT molecular complexity index is 477. The van der Waals surface area contributed by atoms with E-state index in [-0.39, 0.29) is 11.9 Å². The third-order valence-corrected chi connectivity index (χ3v) is 3.44. The summed E-state index contributed by atoms with van der Waals surface area (Å²) in [6.07, 6.45) is 3.40. The van der Waals surface area contributed by atoms with Crippen molar-refractivity contribution in [1.82, 2.24) is 5.32 Å². The molecule has 0 saturated carbocycles. The first-order valence-electron chi connectivity index (χ1n) is 6.19. The van der Waals surface area contributed by atoms with E-state index in [1.54, 1.807) is 11.4 Å². The molecule has 4 nitrogen and oxygen atoms in total. The van der Waals surface area contributed by atoms with Gasteiger partial charge in [-0.2, -0.15) is 0 Å². The Morgan fingerprint density at radius 2 is 2.11 bits per heavy atom. The van der Waals surface area contributed by atoms with Crippen molar-refractivity contribution >= 4 is 29.3 Å². The third-order valence-electron chi connectivity index (χ3n) is 2.51. The largest absolute Gasteiger partial charge is 0.478 e. The number of thiophene rings is 1. The number of hydrogen-bond acceptors (Lipinski definition) is 3. The van der Waals surface area contributed by atoms with Crippen LogP contribution < -0.4 is 5.32 Å². The summed E-state index contributed by atoms with van der Waals surface area (Å²) < 4.78 is 0. The lowest BCUT2D eigenvalue weighted by Crippen LogP contribution is -2.33. The summed E-state index contributed by atoms with van der Waals surface area (Å²) in [6, 6.07) is 1.84. The Morgan fingerprint density at radius 1 is 1.42 bits per heavy atom. The molecule has 1 rings (SSSR count). The standard InChI is InChI=1S/C14H19NO3S/c1-9(2)8-10(3)15-14(18)13-11(6-7-19-13)4-5-12(16)17/h4-7,9-10H,8H2,1-3H3,(H,15,18)(H,16,17). The predicted octanol–water partition coefficient (Wildman–Crippen LogP) is 3.01. The normalized spacial score (nSPS) is 12.8. The molecule has 0 radical (unpaired) electrons. The van der Waals surface area contributed by atoms with Gasteiger partial charge in [-0.15, -0.1) is 11.3 Å². The van der Waals surface area contributed by atoms with Gasteiger partial charge in [-0.05, 0) is 42.3 Å². The van der Waals surface area contributed by atoms with Crippen molar-refractivity contribution in [2.75, 3.05) is 0 Å². The van der Waals surface area contributed by atoms with E-state index in [2.05, 4.69) is 19.2 Å². The molecule has 1 atom stereocenters. The van der Waals surface area contributed by atoms with Crippen LogP contribution in [0.2, 0.25) is 0 Å². The number of aliphatic carboxylic acids is 1. The molecule has 5 heteroatoms. The summed E-state index contributed by atoms with van der Waals surface area (Å²) in [5, 5.41) is 13.3. The van der Waals surface area contributed by atoms with Crippen molar-refractivity contribution in [2.24, 2.45) is 5.92 Å². The molecular formula is C14H19NO3S. The van der Waals surface area contributed by atoms with E-state index in [0.29, 0.717) is 16.4 Å². The van der Waals surface area contributed by atoms with Crippen LogP contribution in [0.25, 0.3) is 6.08 Å². The minimum Gasteiger partial charge on any atom is -0.478 e. The zero-order valence-electron chi connectivity index (χ0n) is 11.3. The van der Waals surface area contributed by atoms with Gasteiger partial charge in [0.25, 0.3) is 5.91 Å². The maximum atomic E-state index is 12.1. The van der Waals surface area contributed by atoms with Crippen molar-refractivity contribution in [3.8, 4) is 0 Å². The second kappa shape index (κ2) is 7.09. The molecule has 0 aliphatic carbocycles. The summed E-state index contributed by atoms with van der Waals surface area (Å²) >= 11 is 1.31. The van der Waals surface area contributed by atoms with Crippen LogP contribution in [-0.4, -0.2) is 23.0 Å². The Balaban J connectivity index is 2.72. The summed E-state index contributed by atoms with van der Waals surface area (Å²) in [6.45, 7) is 6.18. The SMILES string of the molecule is CC(C)CC(C)NC(=O)c1sccc1C=CC(=O)O. The van der Waals surface area contributed by atoms with E-state index < -0.39 is 5.97 Å². The Morgan fingerprint density at radius 3 is 2.68 bits per heavy atom. The van der Waals surface area contributed by atoms with Crippen molar-refractivity contribution < 1.29 is 14.7 Å². The molecule has 1 aromatic heterocycles. The van der Waals surface area contributed by atoms with Gasteiger partial charge in [-0.1, -0.05) is 13.8 Å². The molecule has 0 aliphatic rings. The highest BCUT2D eigenvalue weighted by molar-refractivity contribution is 7.12. The van der Waals surface area contributed by atoms with Gasteiger partial charge in [0, 0.05) is 12.1 Å². The molecule has 0 fully saturated rings. The molecular weight excluding hydrogens is 262 g/mol. The molecule has 104 valence electrons.